The van der Waals surface area contributed by atoms with Crippen LogP contribution in [0.25, 0.3) is 6.08 Å². The van der Waals surface area contributed by atoms with Crippen molar-refractivity contribution in [3.8, 4) is 0 Å². The van der Waals surface area contributed by atoms with Crippen LogP contribution in [0.2, 0.25) is 5.02 Å². The first-order chi connectivity index (χ1) is 11.6. The van der Waals surface area contributed by atoms with Crippen LogP contribution in [0.1, 0.15) is 11.1 Å². The van der Waals surface area contributed by atoms with Gasteiger partial charge in [-0.2, -0.15) is 0 Å². The third-order valence-corrected chi connectivity index (χ3v) is 4.15. The molecule has 0 radical (unpaired) electrons. The van der Waals surface area contributed by atoms with Crippen molar-refractivity contribution < 1.29 is 4.79 Å². The highest BCUT2D eigenvalue weighted by Gasteiger charge is 2.32. The predicted octanol–water partition coefficient (Wildman–Crippen LogP) is 4.47. The molecule has 1 fully saturated rings. The number of benzene rings is 2. The minimum Gasteiger partial charge on any atom is -0.327 e. The quantitative estimate of drug-likeness (QED) is 0.652. The maximum Gasteiger partial charge on any atom is 0.281 e. The van der Waals surface area contributed by atoms with E-state index in [1.165, 1.54) is 4.90 Å². The molecule has 1 N–H and O–H groups in total. The van der Waals surface area contributed by atoms with Crippen molar-refractivity contribution >= 4 is 46.6 Å². The number of carbonyl (C=O) groups excluding carboxylic acids is 1. The minimum atomic E-state index is -0.178. The Bertz CT molecular complexity index is 859. The van der Waals surface area contributed by atoms with Crippen LogP contribution in [0.5, 0.6) is 0 Å². The molecule has 0 aromatic heterocycles. The Hall–Kier alpha value is -2.43. The summed E-state index contributed by atoms with van der Waals surface area (Å²) in [7, 11) is 0. The van der Waals surface area contributed by atoms with Crippen molar-refractivity contribution in [2.24, 2.45) is 0 Å². The lowest BCUT2D eigenvalue weighted by atomic mass is 10.2. The Labute approximate surface area is 151 Å². The summed E-state index contributed by atoms with van der Waals surface area (Å²) in [5, 5.41) is 3.96. The van der Waals surface area contributed by atoms with Crippen LogP contribution in [0, 0.1) is 6.92 Å². The van der Waals surface area contributed by atoms with Crippen molar-refractivity contribution in [3.05, 3.63) is 82.5 Å². The largest absolute Gasteiger partial charge is 0.327 e. The number of anilines is 1. The fraction of sp³-hybridized carbons (Fsp3) is 0.0526. The topological polar surface area (TPSA) is 32.3 Å². The van der Waals surface area contributed by atoms with Gasteiger partial charge in [-0.25, -0.2) is 0 Å². The van der Waals surface area contributed by atoms with Gasteiger partial charge in [0.1, 0.15) is 5.70 Å². The molecule has 2 aromatic carbocycles. The number of amides is 1. The summed E-state index contributed by atoms with van der Waals surface area (Å²) in [6.45, 7) is 1.90. The highest BCUT2D eigenvalue weighted by atomic mass is 35.5. The van der Waals surface area contributed by atoms with Gasteiger partial charge in [0.25, 0.3) is 5.91 Å². The number of nitrogens with zero attached hydrogens (tertiary/aromatic N) is 1. The number of hydrogen-bond acceptors (Lipinski definition) is 2. The monoisotopic (exact) mass is 354 g/mol. The standard InChI is InChI=1S/C19H15ClN2OS/c1-13-12-15(20)10-11-17(13)22-18(23)16(21-19(22)24)9-5-8-14-6-3-2-4-7-14/h2-12H,1H3,(H,21,24)/b8-5+,16-9+. The van der Waals surface area contributed by atoms with Crippen molar-refractivity contribution in [2.75, 3.05) is 4.90 Å². The van der Waals surface area contributed by atoms with E-state index in [2.05, 4.69) is 5.32 Å². The van der Waals surface area contributed by atoms with Crippen LogP contribution in [-0.4, -0.2) is 11.0 Å². The highest BCUT2D eigenvalue weighted by molar-refractivity contribution is 7.80. The SMILES string of the molecule is Cc1cc(Cl)ccc1N1C(=O)/C(=C\C=C\c2ccccc2)NC1=S. The van der Waals surface area contributed by atoms with Gasteiger partial charge in [-0.15, -0.1) is 0 Å². The summed E-state index contributed by atoms with van der Waals surface area (Å²) in [4.78, 5) is 14.1. The second-order valence-corrected chi connectivity index (χ2v) is 6.17. The molecular weight excluding hydrogens is 340 g/mol. The molecule has 1 saturated heterocycles. The average molecular weight is 355 g/mol. The second kappa shape index (κ2) is 6.99. The van der Waals surface area contributed by atoms with E-state index in [-0.39, 0.29) is 5.91 Å². The maximum atomic E-state index is 12.6. The minimum absolute atomic E-state index is 0.178. The number of thiocarbonyl (C=S) groups is 1. The highest BCUT2D eigenvalue weighted by Crippen LogP contribution is 2.27. The van der Waals surface area contributed by atoms with Crippen molar-refractivity contribution in [1.82, 2.24) is 5.32 Å². The first-order valence-electron chi connectivity index (χ1n) is 7.41. The number of allylic oxidation sites excluding steroid dienone is 2. The lowest BCUT2D eigenvalue weighted by Crippen LogP contribution is -2.30. The molecule has 0 atom stereocenters. The first-order valence-corrected chi connectivity index (χ1v) is 8.20. The van der Waals surface area contributed by atoms with Gasteiger partial charge in [-0.05, 0) is 54.5 Å². The summed E-state index contributed by atoms with van der Waals surface area (Å²) in [6.07, 6.45) is 5.49. The molecule has 1 amide bonds. The third-order valence-electron chi connectivity index (χ3n) is 3.63. The molecule has 120 valence electrons. The van der Waals surface area contributed by atoms with Gasteiger partial charge in [-0.3, -0.25) is 9.69 Å². The zero-order chi connectivity index (χ0) is 17.1. The van der Waals surface area contributed by atoms with Crippen molar-refractivity contribution in [1.29, 1.82) is 0 Å². The Kier molecular flexibility index (Phi) is 4.79. The fourth-order valence-corrected chi connectivity index (χ4v) is 2.98. The number of halogens is 1. The first kappa shape index (κ1) is 16.4. The van der Waals surface area contributed by atoms with Gasteiger partial charge in [0.05, 0.1) is 5.69 Å². The maximum absolute atomic E-state index is 12.6. The van der Waals surface area contributed by atoms with Gasteiger partial charge in [0.2, 0.25) is 0 Å². The number of carbonyl (C=O) groups is 1. The molecule has 24 heavy (non-hydrogen) atoms. The second-order valence-electron chi connectivity index (χ2n) is 5.35. The molecule has 3 rings (SSSR count). The molecule has 0 unspecified atom stereocenters. The average Bonchev–Trinajstić information content (AvgIpc) is 2.83. The van der Waals surface area contributed by atoms with Gasteiger partial charge in [0, 0.05) is 5.02 Å². The summed E-state index contributed by atoms with van der Waals surface area (Å²) < 4.78 is 0. The lowest BCUT2D eigenvalue weighted by molar-refractivity contribution is -0.113. The molecule has 0 bridgehead atoms. The van der Waals surface area contributed by atoms with Crippen LogP contribution in [0.15, 0.2) is 66.4 Å². The summed E-state index contributed by atoms with van der Waals surface area (Å²) >= 11 is 11.3. The van der Waals surface area contributed by atoms with E-state index in [1.54, 1.807) is 18.2 Å². The molecule has 1 aliphatic heterocycles. The molecule has 3 nitrogen and oxygen atoms in total. The zero-order valence-electron chi connectivity index (χ0n) is 13.0. The number of nitrogens with one attached hydrogen (secondary N) is 1. The number of hydrogen-bond donors (Lipinski definition) is 1. The van der Waals surface area contributed by atoms with Gasteiger partial charge < -0.3 is 5.32 Å². The van der Waals surface area contributed by atoms with Crippen LogP contribution >= 0.6 is 23.8 Å². The van der Waals surface area contributed by atoms with E-state index in [1.807, 2.05) is 55.5 Å². The molecule has 1 aliphatic rings. The van der Waals surface area contributed by atoms with Gasteiger partial charge in [-0.1, -0.05) is 54.1 Å². The normalized spacial score (nSPS) is 16.2. The molecule has 1 heterocycles. The van der Waals surface area contributed by atoms with E-state index in [0.717, 1.165) is 16.8 Å². The predicted molar refractivity (Wildman–Crippen MR) is 103 cm³/mol. The fourth-order valence-electron chi connectivity index (χ4n) is 2.46. The van der Waals surface area contributed by atoms with Crippen LogP contribution in [0.4, 0.5) is 5.69 Å². The zero-order valence-corrected chi connectivity index (χ0v) is 14.6. The van der Waals surface area contributed by atoms with Crippen LogP contribution in [-0.2, 0) is 4.79 Å². The number of aryl methyl sites for hydroxylation is 1. The lowest BCUT2D eigenvalue weighted by Gasteiger charge is -2.16. The van der Waals surface area contributed by atoms with Crippen LogP contribution < -0.4 is 10.2 Å². The van der Waals surface area contributed by atoms with Crippen LogP contribution in [0.3, 0.4) is 0 Å². The Morgan fingerprint density at radius 3 is 2.62 bits per heavy atom. The van der Waals surface area contributed by atoms with Gasteiger partial charge in [0.15, 0.2) is 5.11 Å². The van der Waals surface area contributed by atoms with E-state index in [4.69, 9.17) is 23.8 Å². The summed E-state index contributed by atoms with van der Waals surface area (Å²) in [5.41, 5.74) is 3.13. The van der Waals surface area contributed by atoms with E-state index >= 15 is 0 Å². The van der Waals surface area contributed by atoms with Gasteiger partial charge >= 0.3 is 0 Å². The van der Waals surface area contributed by atoms with Crippen molar-refractivity contribution in [2.45, 2.75) is 6.92 Å². The molecule has 2 aromatic rings. The molecular formula is C19H15ClN2OS. The number of rotatable bonds is 3. The van der Waals surface area contributed by atoms with E-state index in [0.29, 0.717) is 15.8 Å². The molecule has 0 spiro atoms. The Balaban J connectivity index is 1.84. The Morgan fingerprint density at radius 1 is 1.17 bits per heavy atom. The third kappa shape index (κ3) is 3.40. The van der Waals surface area contributed by atoms with E-state index < -0.39 is 0 Å². The summed E-state index contributed by atoms with van der Waals surface area (Å²) in [6, 6.07) is 15.2. The van der Waals surface area contributed by atoms with Crippen molar-refractivity contribution in [3.63, 3.8) is 0 Å². The Morgan fingerprint density at radius 2 is 1.92 bits per heavy atom. The molecule has 5 heteroatoms. The van der Waals surface area contributed by atoms with E-state index in [9.17, 15) is 4.79 Å². The molecule has 0 saturated carbocycles. The summed E-state index contributed by atoms with van der Waals surface area (Å²) in [5.74, 6) is -0.178. The smallest absolute Gasteiger partial charge is 0.281 e. The molecule has 0 aliphatic carbocycles.